The van der Waals surface area contributed by atoms with Crippen molar-refractivity contribution in [1.29, 1.82) is 0 Å². The number of benzene rings is 1. The van der Waals surface area contributed by atoms with Gasteiger partial charge in [0.1, 0.15) is 12.4 Å². The maximum absolute atomic E-state index is 8.12. The fraction of sp³-hybridized carbons (Fsp3) is 0.500. The van der Waals surface area contributed by atoms with Gasteiger partial charge in [-0.3, -0.25) is 0 Å². The predicted molar refractivity (Wildman–Crippen MR) is 70.3 cm³/mol. The Morgan fingerprint density at radius 1 is 1.47 bits per heavy atom. The summed E-state index contributed by atoms with van der Waals surface area (Å²) in [5.41, 5.74) is 1.23. The van der Waals surface area contributed by atoms with Crippen LogP contribution in [-0.4, -0.2) is 25.5 Å². The summed E-state index contributed by atoms with van der Waals surface area (Å²) in [5, 5.41) is 0.692. The molecule has 1 fully saturated rings. The van der Waals surface area contributed by atoms with Crippen molar-refractivity contribution in [1.82, 2.24) is 0 Å². The molecule has 104 valence electrons. The molecular weight excluding hydrogens is 268 g/mol. The van der Waals surface area contributed by atoms with E-state index in [1.54, 1.807) is 0 Å². The molecule has 2 rings (SSSR count). The van der Waals surface area contributed by atoms with E-state index in [4.69, 9.17) is 30.7 Å². The van der Waals surface area contributed by atoms with Crippen LogP contribution in [-0.2, 0) is 20.7 Å². The topological polar surface area (TPSA) is 52.6 Å². The molecule has 1 aromatic carbocycles. The fourth-order valence-corrected chi connectivity index (χ4v) is 2.10. The Hall–Kier alpha value is -1.35. The van der Waals surface area contributed by atoms with E-state index < -0.39 is 0 Å². The third kappa shape index (κ3) is 5.43. The molecule has 5 heteroatoms. The SMILES string of the molecule is CCc1ccc(OCC2CCCO2)c(Cl)c1.O=C=O. The monoisotopic (exact) mass is 284 g/mol. The van der Waals surface area contributed by atoms with Gasteiger partial charge in [0.15, 0.2) is 0 Å². The Kier molecular flexibility index (Phi) is 7.19. The number of halogens is 1. The van der Waals surface area contributed by atoms with Crippen LogP contribution in [0, 0.1) is 0 Å². The number of hydrogen-bond donors (Lipinski definition) is 0. The van der Waals surface area contributed by atoms with Crippen LogP contribution in [0.4, 0.5) is 0 Å². The van der Waals surface area contributed by atoms with E-state index in [1.165, 1.54) is 5.56 Å². The van der Waals surface area contributed by atoms with Gasteiger partial charge < -0.3 is 9.47 Å². The summed E-state index contributed by atoms with van der Waals surface area (Å²) in [5.74, 6) is 0.759. The highest BCUT2D eigenvalue weighted by Crippen LogP contribution is 2.26. The molecule has 1 heterocycles. The molecule has 1 atom stereocenters. The van der Waals surface area contributed by atoms with E-state index in [0.29, 0.717) is 11.6 Å². The van der Waals surface area contributed by atoms with Crippen molar-refractivity contribution in [2.45, 2.75) is 32.3 Å². The Balaban J connectivity index is 0.000000550. The second-order valence-electron chi connectivity index (χ2n) is 4.15. The first-order chi connectivity index (χ1) is 9.21. The van der Waals surface area contributed by atoms with Crippen molar-refractivity contribution in [2.75, 3.05) is 13.2 Å². The van der Waals surface area contributed by atoms with Crippen molar-refractivity contribution in [2.24, 2.45) is 0 Å². The smallest absolute Gasteiger partial charge is 0.373 e. The van der Waals surface area contributed by atoms with Crippen LogP contribution < -0.4 is 4.74 Å². The Labute approximate surface area is 117 Å². The molecule has 4 nitrogen and oxygen atoms in total. The zero-order chi connectivity index (χ0) is 14.1. The largest absolute Gasteiger partial charge is 0.489 e. The molecule has 0 amide bonds. The lowest BCUT2D eigenvalue weighted by atomic mass is 10.2. The lowest BCUT2D eigenvalue weighted by Crippen LogP contribution is -2.16. The molecular formula is C14H17ClO4. The number of rotatable bonds is 4. The van der Waals surface area contributed by atoms with Gasteiger partial charge in [-0.05, 0) is 37.0 Å². The van der Waals surface area contributed by atoms with E-state index in [2.05, 4.69) is 13.0 Å². The van der Waals surface area contributed by atoms with Crippen LogP contribution in [0.25, 0.3) is 0 Å². The molecule has 1 aliphatic rings. The average molecular weight is 285 g/mol. The van der Waals surface area contributed by atoms with Gasteiger partial charge in [0.2, 0.25) is 0 Å². The molecule has 0 N–H and O–H groups in total. The van der Waals surface area contributed by atoms with Crippen molar-refractivity contribution in [3.8, 4) is 5.75 Å². The highest BCUT2D eigenvalue weighted by atomic mass is 35.5. The zero-order valence-electron chi connectivity index (χ0n) is 10.9. The molecule has 0 aliphatic carbocycles. The van der Waals surface area contributed by atoms with Crippen LogP contribution >= 0.6 is 11.6 Å². The average Bonchev–Trinajstić information content (AvgIpc) is 2.91. The molecule has 0 bridgehead atoms. The van der Waals surface area contributed by atoms with Crippen molar-refractivity contribution in [3.05, 3.63) is 28.8 Å². The minimum absolute atomic E-state index is 0.238. The van der Waals surface area contributed by atoms with E-state index in [-0.39, 0.29) is 12.3 Å². The summed E-state index contributed by atoms with van der Waals surface area (Å²) in [6, 6.07) is 5.96. The van der Waals surface area contributed by atoms with Crippen molar-refractivity contribution < 1.29 is 19.1 Å². The first-order valence-electron chi connectivity index (χ1n) is 6.23. The molecule has 0 saturated carbocycles. The Bertz CT molecular complexity index is 421. The number of carbonyl (C=O) groups excluding carboxylic acids is 2. The molecule has 1 unspecified atom stereocenters. The van der Waals surface area contributed by atoms with E-state index in [0.717, 1.165) is 31.6 Å². The number of ether oxygens (including phenoxy) is 2. The Morgan fingerprint density at radius 2 is 2.21 bits per heavy atom. The van der Waals surface area contributed by atoms with Crippen molar-refractivity contribution >= 4 is 17.8 Å². The number of hydrogen-bond acceptors (Lipinski definition) is 4. The van der Waals surface area contributed by atoms with Gasteiger partial charge in [0, 0.05) is 6.61 Å². The minimum atomic E-state index is 0.238. The minimum Gasteiger partial charge on any atom is -0.489 e. The highest BCUT2D eigenvalue weighted by Gasteiger charge is 2.16. The van der Waals surface area contributed by atoms with Gasteiger partial charge in [-0.15, -0.1) is 0 Å². The van der Waals surface area contributed by atoms with Crippen LogP contribution in [0.15, 0.2) is 18.2 Å². The van der Waals surface area contributed by atoms with Crippen LogP contribution in [0.1, 0.15) is 25.3 Å². The van der Waals surface area contributed by atoms with Gasteiger partial charge in [0.05, 0.1) is 11.1 Å². The quantitative estimate of drug-likeness (QED) is 0.853. The van der Waals surface area contributed by atoms with Crippen LogP contribution in [0.2, 0.25) is 5.02 Å². The first kappa shape index (κ1) is 15.7. The van der Waals surface area contributed by atoms with E-state index in [9.17, 15) is 0 Å². The van der Waals surface area contributed by atoms with E-state index in [1.807, 2.05) is 12.1 Å². The molecule has 1 aliphatic heterocycles. The van der Waals surface area contributed by atoms with Gasteiger partial charge in [-0.1, -0.05) is 24.6 Å². The lowest BCUT2D eigenvalue weighted by molar-refractivity contribution is -0.191. The molecule has 0 radical (unpaired) electrons. The van der Waals surface area contributed by atoms with E-state index >= 15 is 0 Å². The van der Waals surface area contributed by atoms with Gasteiger partial charge >= 0.3 is 6.15 Å². The van der Waals surface area contributed by atoms with Gasteiger partial charge in [0.25, 0.3) is 0 Å². The zero-order valence-corrected chi connectivity index (χ0v) is 11.6. The molecule has 19 heavy (non-hydrogen) atoms. The van der Waals surface area contributed by atoms with Gasteiger partial charge in [-0.25, -0.2) is 0 Å². The van der Waals surface area contributed by atoms with Crippen LogP contribution in [0.3, 0.4) is 0 Å². The summed E-state index contributed by atoms with van der Waals surface area (Å²) in [6.45, 7) is 3.57. The third-order valence-electron chi connectivity index (χ3n) is 2.85. The molecule has 0 spiro atoms. The second kappa shape index (κ2) is 8.70. The predicted octanol–water partition coefficient (Wildman–Crippen LogP) is 2.88. The highest BCUT2D eigenvalue weighted by molar-refractivity contribution is 6.32. The lowest BCUT2D eigenvalue weighted by Gasteiger charge is -2.12. The maximum Gasteiger partial charge on any atom is 0.373 e. The Morgan fingerprint density at radius 3 is 2.74 bits per heavy atom. The summed E-state index contributed by atoms with van der Waals surface area (Å²) in [7, 11) is 0. The van der Waals surface area contributed by atoms with Crippen LogP contribution in [0.5, 0.6) is 5.75 Å². The second-order valence-corrected chi connectivity index (χ2v) is 4.55. The van der Waals surface area contributed by atoms with Crippen molar-refractivity contribution in [3.63, 3.8) is 0 Å². The standard InChI is InChI=1S/C13H17ClO2.CO2/c1-2-10-5-6-13(12(14)8-10)16-9-11-4-3-7-15-11;2-1-3/h5-6,8,11H,2-4,7,9H2,1H3;. The summed E-state index contributed by atoms with van der Waals surface area (Å²) < 4.78 is 11.2. The first-order valence-corrected chi connectivity index (χ1v) is 6.61. The summed E-state index contributed by atoms with van der Waals surface area (Å²) in [6.07, 6.45) is 3.70. The number of aryl methyl sites for hydroxylation is 1. The third-order valence-corrected chi connectivity index (χ3v) is 3.15. The molecule has 1 saturated heterocycles. The summed E-state index contributed by atoms with van der Waals surface area (Å²) >= 11 is 6.13. The van der Waals surface area contributed by atoms with Gasteiger partial charge in [-0.2, -0.15) is 9.59 Å². The summed E-state index contributed by atoms with van der Waals surface area (Å²) in [4.78, 5) is 16.2. The fourth-order valence-electron chi connectivity index (χ4n) is 1.84. The molecule has 1 aromatic rings. The molecule has 0 aromatic heterocycles. The normalized spacial score (nSPS) is 17.3. The maximum atomic E-state index is 8.12.